The van der Waals surface area contributed by atoms with Gasteiger partial charge in [-0.15, -0.1) is 0 Å². The van der Waals surface area contributed by atoms with Gasteiger partial charge in [0, 0.05) is 29.2 Å². The Balaban J connectivity index is 1.47. The number of halogens is 7. The first kappa shape index (κ1) is 28.9. The molecule has 2 aliphatic heterocycles. The molecule has 4 heterocycles. The van der Waals surface area contributed by atoms with E-state index < -0.39 is 48.0 Å². The predicted molar refractivity (Wildman–Crippen MR) is 147 cm³/mol. The number of rotatable bonds is 7. The zero-order valence-electron chi connectivity index (χ0n) is 22.4. The van der Waals surface area contributed by atoms with E-state index in [0.29, 0.717) is 40.2 Å². The average Bonchev–Trinajstić information content (AvgIpc) is 3.47. The van der Waals surface area contributed by atoms with Crippen LogP contribution in [-0.4, -0.2) is 64.0 Å². The Kier molecular flexibility index (Phi) is 7.45. The minimum atomic E-state index is -4.69. The molecule has 6 rings (SSSR count). The number of alkyl halides is 4. The fourth-order valence-electron chi connectivity index (χ4n) is 6.17. The number of hydrogen-bond acceptors (Lipinski definition) is 6. The van der Waals surface area contributed by atoms with Crippen molar-refractivity contribution in [3.8, 4) is 23.1 Å². The summed E-state index contributed by atoms with van der Waals surface area (Å²) in [5.74, 6) is -1.98. The molecule has 2 fully saturated rings. The van der Waals surface area contributed by atoms with Crippen LogP contribution in [-0.2, 0) is 6.42 Å². The summed E-state index contributed by atoms with van der Waals surface area (Å²) < 4.78 is 96.0. The molecule has 0 saturated carbocycles. The highest BCUT2D eigenvalue weighted by molar-refractivity contribution is 9.10. The SMILES string of the molecule is CCc1c(F)ccc2c(Br)ccc(-c3ncc4c(OCC(F)(F)F)nc(OC[C@@]56CCCN5C[C@H](F)C6)nc4c3F)c12. The van der Waals surface area contributed by atoms with Gasteiger partial charge >= 0.3 is 12.2 Å². The summed E-state index contributed by atoms with van der Waals surface area (Å²) >= 11 is 3.46. The molecule has 0 amide bonds. The van der Waals surface area contributed by atoms with Crippen LogP contribution in [0.4, 0.5) is 26.3 Å². The van der Waals surface area contributed by atoms with Crippen molar-refractivity contribution in [3.05, 3.63) is 52.1 Å². The molecule has 4 aromatic rings. The lowest BCUT2D eigenvalue weighted by atomic mass is 9.95. The summed E-state index contributed by atoms with van der Waals surface area (Å²) in [7, 11) is 0. The van der Waals surface area contributed by atoms with E-state index in [0.717, 1.165) is 12.6 Å². The second kappa shape index (κ2) is 10.8. The molecule has 2 aliphatic rings. The molecular weight excluding hydrogens is 630 g/mol. The second-order valence-electron chi connectivity index (χ2n) is 10.7. The lowest BCUT2D eigenvalue weighted by Gasteiger charge is -2.30. The van der Waals surface area contributed by atoms with Crippen LogP contribution in [0.3, 0.4) is 0 Å². The van der Waals surface area contributed by atoms with Crippen molar-refractivity contribution in [1.82, 2.24) is 19.9 Å². The zero-order valence-corrected chi connectivity index (χ0v) is 24.0. The van der Waals surface area contributed by atoms with Gasteiger partial charge in [0.05, 0.1) is 10.9 Å². The maximum atomic E-state index is 16.3. The van der Waals surface area contributed by atoms with Crippen LogP contribution in [0.1, 0.15) is 31.7 Å². The quantitative estimate of drug-likeness (QED) is 0.194. The van der Waals surface area contributed by atoms with E-state index >= 15 is 4.39 Å². The van der Waals surface area contributed by atoms with Crippen LogP contribution in [0.5, 0.6) is 11.9 Å². The Bertz CT molecular complexity index is 1690. The number of fused-ring (bicyclic) bond motifs is 3. The van der Waals surface area contributed by atoms with Crippen LogP contribution in [0.15, 0.2) is 34.9 Å². The molecule has 0 bridgehead atoms. The van der Waals surface area contributed by atoms with Crippen molar-refractivity contribution in [3.63, 3.8) is 0 Å². The summed E-state index contributed by atoms with van der Waals surface area (Å²) in [5.41, 5.74) is -0.507. The summed E-state index contributed by atoms with van der Waals surface area (Å²) in [6, 6.07) is 5.77. The third kappa shape index (κ3) is 5.14. The van der Waals surface area contributed by atoms with Crippen molar-refractivity contribution >= 4 is 37.6 Å². The highest BCUT2D eigenvalue weighted by Gasteiger charge is 2.49. The summed E-state index contributed by atoms with van der Waals surface area (Å²) in [6.45, 7) is 1.04. The molecule has 2 atom stereocenters. The third-order valence-corrected chi connectivity index (χ3v) is 8.71. The lowest BCUT2D eigenvalue weighted by Crippen LogP contribution is -2.43. The van der Waals surface area contributed by atoms with Crippen molar-refractivity contribution in [2.24, 2.45) is 0 Å². The second-order valence-corrected chi connectivity index (χ2v) is 11.5. The van der Waals surface area contributed by atoms with Gasteiger partial charge < -0.3 is 9.47 Å². The minimum absolute atomic E-state index is 0.0202. The minimum Gasteiger partial charge on any atom is -0.467 e. The molecule has 0 aliphatic carbocycles. The smallest absolute Gasteiger partial charge is 0.422 e. The van der Waals surface area contributed by atoms with Crippen molar-refractivity contribution in [1.29, 1.82) is 0 Å². The summed E-state index contributed by atoms with van der Waals surface area (Å²) in [5, 5.41) is 0.886. The first-order chi connectivity index (χ1) is 20.0. The normalized spacial score (nSPS) is 20.9. The molecular formula is C29H25BrF6N4O2. The molecule has 222 valence electrons. The number of nitrogens with zero attached hydrogens (tertiary/aromatic N) is 4. The number of hydrogen-bond donors (Lipinski definition) is 0. The standard InChI is InChI=1S/C29H25BrF6N4O2/c1-2-16-21(32)7-5-17-20(30)6-4-18(22(16)17)24-23(33)25-19(11-37-24)26(41-14-29(34,35)36)39-27(38-25)42-13-28-8-3-9-40(28)12-15(31)10-28/h4-7,11,15H,2-3,8-10,12-14H2,1H3/t15-,28+/m1/s1. The van der Waals surface area contributed by atoms with E-state index in [9.17, 15) is 22.0 Å². The Morgan fingerprint density at radius 3 is 2.67 bits per heavy atom. The topological polar surface area (TPSA) is 60.4 Å². The fourth-order valence-corrected chi connectivity index (χ4v) is 6.64. The summed E-state index contributed by atoms with van der Waals surface area (Å²) in [6.07, 6.45) is -2.51. The highest BCUT2D eigenvalue weighted by Crippen LogP contribution is 2.42. The molecule has 2 aromatic heterocycles. The number of benzene rings is 2. The van der Waals surface area contributed by atoms with Crippen LogP contribution in [0.25, 0.3) is 32.9 Å². The Morgan fingerprint density at radius 1 is 1.10 bits per heavy atom. The van der Waals surface area contributed by atoms with Gasteiger partial charge in [-0.05, 0) is 54.3 Å². The van der Waals surface area contributed by atoms with E-state index in [1.165, 1.54) is 6.07 Å². The van der Waals surface area contributed by atoms with Crippen molar-refractivity contribution in [2.75, 3.05) is 26.3 Å². The number of aryl methyl sites for hydroxylation is 1. The van der Waals surface area contributed by atoms with E-state index in [4.69, 9.17) is 9.47 Å². The molecule has 0 radical (unpaired) electrons. The lowest BCUT2D eigenvalue weighted by molar-refractivity contribution is -0.153. The van der Waals surface area contributed by atoms with E-state index in [1.807, 2.05) is 4.90 Å². The molecule has 2 aromatic carbocycles. The van der Waals surface area contributed by atoms with E-state index in [1.54, 1.807) is 25.1 Å². The van der Waals surface area contributed by atoms with Gasteiger partial charge in [0.25, 0.3) is 0 Å². The predicted octanol–water partition coefficient (Wildman–Crippen LogP) is 7.34. The Labute approximate surface area is 245 Å². The Morgan fingerprint density at radius 2 is 1.90 bits per heavy atom. The number of aromatic nitrogens is 3. The first-order valence-electron chi connectivity index (χ1n) is 13.5. The van der Waals surface area contributed by atoms with Gasteiger partial charge in [0.1, 0.15) is 29.8 Å². The van der Waals surface area contributed by atoms with Gasteiger partial charge in [-0.3, -0.25) is 9.88 Å². The maximum Gasteiger partial charge on any atom is 0.422 e. The van der Waals surface area contributed by atoms with Crippen LogP contribution < -0.4 is 9.47 Å². The van der Waals surface area contributed by atoms with Crippen LogP contribution in [0, 0.1) is 11.6 Å². The molecule has 6 nitrogen and oxygen atoms in total. The third-order valence-electron chi connectivity index (χ3n) is 8.02. The van der Waals surface area contributed by atoms with Gasteiger partial charge in [0.2, 0.25) is 5.88 Å². The van der Waals surface area contributed by atoms with Crippen molar-refractivity contribution < 1.29 is 35.8 Å². The number of pyridine rings is 1. The molecule has 0 spiro atoms. The van der Waals surface area contributed by atoms with E-state index in [2.05, 4.69) is 30.9 Å². The van der Waals surface area contributed by atoms with E-state index in [-0.39, 0.29) is 41.7 Å². The maximum absolute atomic E-state index is 16.3. The largest absolute Gasteiger partial charge is 0.467 e. The molecule has 0 N–H and O–H groups in total. The average molecular weight is 655 g/mol. The molecule has 2 saturated heterocycles. The first-order valence-corrected chi connectivity index (χ1v) is 14.3. The van der Waals surface area contributed by atoms with Crippen LogP contribution in [0.2, 0.25) is 0 Å². The molecule has 13 heteroatoms. The van der Waals surface area contributed by atoms with Gasteiger partial charge in [-0.2, -0.15) is 23.1 Å². The van der Waals surface area contributed by atoms with Gasteiger partial charge in [-0.1, -0.05) is 35.0 Å². The molecule has 0 unspecified atom stereocenters. The summed E-state index contributed by atoms with van der Waals surface area (Å²) in [4.78, 5) is 14.4. The fraction of sp³-hybridized carbons (Fsp3) is 0.414. The zero-order chi connectivity index (χ0) is 29.8. The van der Waals surface area contributed by atoms with Gasteiger partial charge in [0.15, 0.2) is 12.4 Å². The Hall–Kier alpha value is -3.19. The molecule has 42 heavy (non-hydrogen) atoms. The highest BCUT2D eigenvalue weighted by atomic mass is 79.9. The monoisotopic (exact) mass is 654 g/mol. The number of ether oxygens (including phenoxy) is 2. The van der Waals surface area contributed by atoms with Crippen LogP contribution >= 0.6 is 15.9 Å². The van der Waals surface area contributed by atoms with Crippen molar-refractivity contribution in [2.45, 2.75) is 50.5 Å². The van der Waals surface area contributed by atoms with Gasteiger partial charge in [-0.25, -0.2) is 13.2 Å².